The molecule has 0 aromatic carbocycles. The predicted molar refractivity (Wildman–Crippen MR) is 70.0 cm³/mol. The fraction of sp³-hybridized carbons (Fsp3) is 0.600. The van der Waals surface area contributed by atoms with Crippen LogP contribution in [0, 0.1) is 0 Å². The summed E-state index contributed by atoms with van der Waals surface area (Å²) in [5, 5.41) is 4.31. The molecule has 0 spiro atoms. The third kappa shape index (κ3) is 2.92. The van der Waals surface area contributed by atoms with Crippen LogP contribution in [0.2, 0.25) is 5.02 Å². The third-order valence-corrected chi connectivity index (χ3v) is 4.36. The van der Waals surface area contributed by atoms with E-state index in [0.717, 1.165) is 6.54 Å². The molecule has 1 atom stereocenters. The van der Waals surface area contributed by atoms with E-state index in [1.165, 1.54) is 31.3 Å². The van der Waals surface area contributed by atoms with Crippen molar-refractivity contribution in [3.63, 3.8) is 0 Å². The molecule has 0 aliphatic carbocycles. The average Bonchev–Trinajstić information content (AvgIpc) is 2.32. The van der Waals surface area contributed by atoms with Crippen LogP contribution in [-0.4, -0.2) is 27.5 Å². The van der Waals surface area contributed by atoms with Crippen LogP contribution in [0.1, 0.15) is 19.3 Å². The monoisotopic (exact) mass is 258 g/mol. The molecule has 6 heteroatoms. The lowest BCUT2D eigenvalue weighted by molar-refractivity contribution is 0.677. The highest BCUT2D eigenvalue weighted by atomic mass is 35.5. The standard InChI is InChI=1S/C10H15ClN4S/c11-8-9(12)14-6-15-10(8)13-5-7-3-1-2-4-16-7/h6-7H,1-5H2,(H3,12,13,14,15)/t7-/m1/s1. The number of halogens is 1. The lowest BCUT2D eigenvalue weighted by atomic mass is 10.2. The normalized spacial score (nSPS) is 20.7. The van der Waals surface area contributed by atoms with Crippen molar-refractivity contribution in [1.29, 1.82) is 0 Å². The molecule has 0 bridgehead atoms. The van der Waals surface area contributed by atoms with Gasteiger partial charge in [0.1, 0.15) is 23.0 Å². The van der Waals surface area contributed by atoms with Crippen molar-refractivity contribution < 1.29 is 0 Å². The molecule has 0 amide bonds. The van der Waals surface area contributed by atoms with Crippen molar-refractivity contribution in [3.05, 3.63) is 11.3 Å². The van der Waals surface area contributed by atoms with Gasteiger partial charge >= 0.3 is 0 Å². The SMILES string of the molecule is Nc1ncnc(NC[C@H]2CCCCS2)c1Cl. The van der Waals surface area contributed by atoms with E-state index in [-0.39, 0.29) is 0 Å². The Morgan fingerprint density at radius 3 is 3.12 bits per heavy atom. The summed E-state index contributed by atoms with van der Waals surface area (Å²) >= 11 is 8.00. The summed E-state index contributed by atoms with van der Waals surface area (Å²) in [5.41, 5.74) is 5.60. The third-order valence-electron chi connectivity index (χ3n) is 2.59. The van der Waals surface area contributed by atoms with E-state index in [0.29, 0.717) is 21.9 Å². The van der Waals surface area contributed by atoms with Crippen molar-refractivity contribution in [2.75, 3.05) is 23.3 Å². The molecular formula is C10H15ClN4S. The Balaban J connectivity index is 1.91. The molecule has 0 unspecified atom stereocenters. The first-order valence-corrected chi connectivity index (χ1v) is 6.81. The Morgan fingerprint density at radius 2 is 2.38 bits per heavy atom. The quantitative estimate of drug-likeness (QED) is 0.872. The summed E-state index contributed by atoms with van der Waals surface area (Å²) in [6.07, 6.45) is 5.34. The lowest BCUT2D eigenvalue weighted by Crippen LogP contribution is -2.20. The van der Waals surface area contributed by atoms with Crippen molar-refractivity contribution in [3.8, 4) is 0 Å². The van der Waals surface area contributed by atoms with Crippen LogP contribution in [-0.2, 0) is 0 Å². The van der Waals surface area contributed by atoms with E-state index >= 15 is 0 Å². The summed E-state index contributed by atoms with van der Waals surface area (Å²) in [5.74, 6) is 2.22. The first-order chi connectivity index (χ1) is 7.77. The van der Waals surface area contributed by atoms with Crippen molar-refractivity contribution in [2.45, 2.75) is 24.5 Å². The van der Waals surface area contributed by atoms with Gasteiger partial charge in [0.2, 0.25) is 0 Å². The molecule has 1 aliphatic rings. The number of nitrogen functional groups attached to an aromatic ring is 1. The number of thioether (sulfide) groups is 1. The Labute approximate surface area is 104 Å². The molecule has 16 heavy (non-hydrogen) atoms. The van der Waals surface area contributed by atoms with Gasteiger partial charge in [0.05, 0.1) is 0 Å². The average molecular weight is 259 g/mol. The number of nitrogens with two attached hydrogens (primary N) is 1. The minimum absolute atomic E-state index is 0.329. The van der Waals surface area contributed by atoms with Gasteiger partial charge in [-0.3, -0.25) is 0 Å². The summed E-state index contributed by atoms with van der Waals surface area (Å²) in [6, 6.07) is 0. The molecule has 4 nitrogen and oxygen atoms in total. The van der Waals surface area contributed by atoms with Gasteiger partial charge in [-0.2, -0.15) is 11.8 Å². The second-order valence-electron chi connectivity index (χ2n) is 3.79. The minimum Gasteiger partial charge on any atom is -0.382 e. The van der Waals surface area contributed by atoms with E-state index in [1.54, 1.807) is 0 Å². The molecule has 0 radical (unpaired) electrons. The van der Waals surface area contributed by atoms with Gasteiger partial charge in [-0.25, -0.2) is 9.97 Å². The maximum absolute atomic E-state index is 5.99. The molecule has 3 N–H and O–H groups in total. The Kier molecular flexibility index (Phi) is 4.12. The fourth-order valence-corrected chi connectivity index (χ4v) is 3.09. The maximum Gasteiger partial charge on any atom is 0.150 e. The molecule has 1 aromatic heterocycles. The van der Waals surface area contributed by atoms with Crippen molar-refractivity contribution in [1.82, 2.24) is 9.97 Å². The number of nitrogens with zero attached hydrogens (tertiary/aromatic N) is 2. The van der Waals surface area contributed by atoms with Crippen molar-refractivity contribution in [2.24, 2.45) is 0 Å². The van der Waals surface area contributed by atoms with Crippen LogP contribution < -0.4 is 11.1 Å². The Bertz CT molecular complexity index is 355. The van der Waals surface area contributed by atoms with Crippen LogP contribution in [0.3, 0.4) is 0 Å². The number of nitrogens with one attached hydrogen (secondary N) is 1. The summed E-state index contributed by atoms with van der Waals surface area (Å²) in [4.78, 5) is 7.90. The smallest absolute Gasteiger partial charge is 0.150 e. The zero-order valence-electron chi connectivity index (χ0n) is 8.95. The molecule has 0 saturated carbocycles. The summed E-state index contributed by atoms with van der Waals surface area (Å²) < 4.78 is 0. The molecular weight excluding hydrogens is 244 g/mol. The number of rotatable bonds is 3. The molecule has 1 aromatic rings. The van der Waals surface area contributed by atoms with Crippen LogP contribution >= 0.6 is 23.4 Å². The highest BCUT2D eigenvalue weighted by Crippen LogP contribution is 2.27. The highest BCUT2D eigenvalue weighted by molar-refractivity contribution is 7.99. The zero-order valence-corrected chi connectivity index (χ0v) is 10.5. The summed E-state index contributed by atoms with van der Waals surface area (Å²) in [7, 11) is 0. The molecule has 1 aliphatic heterocycles. The van der Waals surface area contributed by atoms with Gasteiger partial charge in [-0.1, -0.05) is 18.0 Å². The molecule has 2 heterocycles. The fourth-order valence-electron chi connectivity index (χ4n) is 1.69. The van der Waals surface area contributed by atoms with Crippen LogP contribution in [0.5, 0.6) is 0 Å². The highest BCUT2D eigenvalue weighted by Gasteiger charge is 2.14. The van der Waals surface area contributed by atoms with Gasteiger partial charge in [-0.15, -0.1) is 0 Å². The van der Waals surface area contributed by atoms with E-state index in [9.17, 15) is 0 Å². The predicted octanol–water partition coefficient (Wildman–Crippen LogP) is 2.41. The van der Waals surface area contributed by atoms with Crippen LogP contribution in [0.4, 0.5) is 11.6 Å². The number of hydrogen-bond donors (Lipinski definition) is 2. The first kappa shape index (κ1) is 11.8. The first-order valence-electron chi connectivity index (χ1n) is 5.39. The van der Waals surface area contributed by atoms with Gasteiger partial charge in [0.25, 0.3) is 0 Å². The molecule has 88 valence electrons. The minimum atomic E-state index is 0.329. The summed E-state index contributed by atoms with van der Waals surface area (Å²) in [6.45, 7) is 0.890. The Hall–Kier alpha value is -0.680. The van der Waals surface area contributed by atoms with E-state index < -0.39 is 0 Å². The second kappa shape index (κ2) is 5.59. The van der Waals surface area contributed by atoms with Crippen LogP contribution in [0.25, 0.3) is 0 Å². The van der Waals surface area contributed by atoms with Gasteiger partial charge < -0.3 is 11.1 Å². The number of aromatic nitrogens is 2. The van der Waals surface area contributed by atoms with Crippen LogP contribution in [0.15, 0.2) is 6.33 Å². The largest absolute Gasteiger partial charge is 0.382 e. The van der Waals surface area contributed by atoms with E-state index in [4.69, 9.17) is 17.3 Å². The van der Waals surface area contributed by atoms with Crippen molar-refractivity contribution >= 4 is 35.0 Å². The van der Waals surface area contributed by atoms with Gasteiger partial charge in [0.15, 0.2) is 0 Å². The van der Waals surface area contributed by atoms with E-state index in [2.05, 4.69) is 15.3 Å². The van der Waals surface area contributed by atoms with E-state index in [1.807, 2.05) is 11.8 Å². The lowest BCUT2D eigenvalue weighted by Gasteiger charge is -2.21. The number of hydrogen-bond acceptors (Lipinski definition) is 5. The maximum atomic E-state index is 5.99. The van der Waals surface area contributed by atoms with Gasteiger partial charge in [0, 0.05) is 11.8 Å². The topological polar surface area (TPSA) is 63.8 Å². The molecule has 2 rings (SSSR count). The second-order valence-corrected chi connectivity index (χ2v) is 5.58. The zero-order chi connectivity index (χ0) is 11.4. The molecule has 1 fully saturated rings. The number of anilines is 2. The van der Waals surface area contributed by atoms with Gasteiger partial charge in [-0.05, 0) is 18.6 Å². The molecule has 1 saturated heterocycles. The Morgan fingerprint density at radius 1 is 1.50 bits per heavy atom.